The molecule has 2 N–H and O–H groups in total. The van der Waals surface area contributed by atoms with E-state index in [4.69, 9.17) is 18.0 Å². The minimum Gasteiger partial charge on any atom is -0.741 e. The number of alkyl halides is 3. The van der Waals surface area contributed by atoms with Crippen LogP contribution < -0.4 is 5.32 Å². The van der Waals surface area contributed by atoms with Crippen LogP contribution in [0.1, 0.15) is 69.8 Å². The average molecular weight is 712 g/mol. The van der Waals surface area contributed by atoms with E-state index < -0.39 is 15.6 Å². The SMILES string of the molecule is O=S(=O)([O-])C(F)(F)F.Oc1ccccc1C(=NC1CCCCC1)NC1CCCCC1.[Pd].c1ccc(-c2ccccn2)nc1. The number of nitrogens with zero attached hydrogens (tertiary/aromatic N) is 3. The Hall–Kier alpha value is -2.85. The Morgan fingerprint density at radius 1 is 0.814 bits per heavy atom. The minimum atomic E-state index is -6.09. The minimum absolute atomic E-state index is 0. The first-order valence-electron chi connectivity index (χ1n) is 14.0. The normalized spacial score (nSPS) is 16.4. The summed E-state index contributed by atoms with van der Waals surface area (Å²) in [5, 5.41) is 13.9. The van der Waals surface area contributed by atoms with Gasteiger partial charge in [0.2, 0.25) is 0 Å². The topological polar surface area (TPSA) is 128 Å². The molecule has 2 heterocycles. The summed E-state index contributed by atoms with van der Waals surface area (Å²) in [6, 6.07) is 20.1. The van der Waals surface area contributed by atoms with Gasteiger partial charge in [0.1, 0.15) is 11.6 Å². The number of aromatic nitrogens is 2. The molecule has 0 unspecified atom stereocenters. The van der Waals surface area contributed by atoms with Crippen molar-refractivity contribution in [1.82, 2.24) is 15.3 Å². The summed E-state index contributed by atoms with van der Waals surface area (Å²) in [6.45, 7) is 0. The van der Waals surface area contributed by atoms with E-state index >= 15 is 0 Å². The monoisotopic (exact) mass is 711 g/mol. The molecule has 5 rings (SSSR count). The van der Waals surface area contributed by atoms with Gasteiger partial charge in [-0.1, -0.05) is 62.8 Å². The average Bonchev–Trinajstić information content (AvgIpc) is 2.99. The van der Waals surface area contributed by atoms with Crippen LogP contribution in [-0.2, 0) is 30.5 Å². The fourth-order valence-corrected chi connectivity index (χ4v) is 4.72. The van der Waals surface area contributed by atoms with E-state index in [1.165, 1.54) is 64.2 Å². The molecule has 0 bridgehead atoms. The molecule has 3 aromatic rings. The maximum atomic E-state index is 10.7. The number of halogens is 3. The van der Waals surface area contributed by atoms with E-state index in [1.807, 2.05) is 54.6 Å². The number of aromatic hydroxyl groups is 1. The van der Waals surface area contributed by atoms with Crippen molar-refractivity contribution in [3.63, 3.8) is 0 Å². The Morgan fingerprint density at radius 3 is 1.72 bits per heavy atom. The predicted molar refractivity (Wildman–Crippen MR) is 155 cm³/mol. The van der Waals surface area contributed by atoms with Gasteiger partial charge in [-0.2, -0.15) is 13.2 Å². The fourth-order valence-electron chi connectivity index (χ4n) is 4.72. The molecule has 0 atom stereocenters. The van der Waals surface area contributed by atoms with Crippen molar-refractivity contribution in [2.75, 3.05) is 0 Å². The van der Waals surface area contributed by atoms with Gasteiger partial charge in [-0.05, 0) is 62.1 Å². The second kappa shape index (κ2) is 18.1. The first-order chi connectivity index (χ1) is 20.0. The molecule has 0 aliphatic heterocycles. The number of aliphatic imine (C=N–C) groups is 1. The van der Waals surface area contributed by atoms with Gasteiger partial charge in [0, 0.05) is 38.9 Å². The van der Waals surface area contributed by atoms with E-state index in [0.717, 1.165) is 22.8 Å². The fraction of sp³-hybridized carbons (Fsp3) is 0.433. The molecule has 0 spiro atoms. The van der Waals surface area contributed by atoms with Gasteiger partial charge in [0.25, 0.3) is 0 Å². The van der Waals surface area contributed by atoms with Crippen LogP contribution in [0.4, 0.5) is 13.2 Å². The molecular formula is C30H36F3N4O4PdS-. The summed E-state index contributed by atoms with van der Waals surface area (Å²) >= 11 is 0. The summed E-state index contributed by atoms with van der Waals surface area (Å²) in [5.74, 6) is 1.25. The molecule has 2 saturated carbocycles. The van der Waals surface area contributed by atoms with E-state index in [9.17, 15) is 18.3 Å². The molecule has 238 valence electrons. The van der Waals surface area contributed by atoms with Gasteiger partial charge in [0.05, 0.1) is 23.0 Å². The Kier molecular flexibility index (Phi) is 15.3. The zero-order valence-corrected chi connectivity index (χ0v) is 25.9. The number of pyridine rings is 2. The van der Waals surface area contributed by atoms with Crippen LogP contribution in [0, 0.1) is 0 Å². The van der Waals surface area contributed by atoms with E-state index in [0.29, 0.717) is 17.8 Å². The van der Waals surface area contributed by atoms with Gasteiger partial charge in [-0.25, -0.2) is 8.42 Å². The van der Waals surface area contributed by atoms with Crippen LogP contribution in [0.5, 0.6) is 5.75 Å². The van der Waals surface area contributed by atoms with Gasteiger partial charge < -0.3 is 15.0 Å². The van der Waals surface area contributed by atoms with Crippen molar-refractivity contribution in [2.24, 2.45) is 4.99 Å². The van der Waals surface area contributed by atoms with E-state index in [-0.39, 0.29) is 20.4 Å². The molecular weight excluding hydrogens is 676 g/mol. The number of benzene rings is 1. The second-order valence-electron chi connectivity index (χ2n) is 10.1. The van der Waals surface area contributed by atoms with Crippen molar-refractivity contribution in [2.45, 2.75) is 81.8 Å². The molecule has 43 heavy (non-hydrogen) atoms. The van der Waals surface area contributed by atoms with Crippen LogP contribution in [0.25, 0.3) is 11.4 Å². The number of nitrogens with one attached hydrogen (secondary N) is 1. The third-order valence-electron chi connectivity index (χ3n) is 6.87. The standard InChI is InChI=1S/C19H28N2O.C10H8N2.CHF3O3S.Pd/c22-18-14-8-7-13-17(18)19(20-15-9-3-1-4-10-15)21-16-11-5-2-6-12-16;1-3-7-11-9(5-1)10-6-2-4-8-12-10;2-1(3,4)8(5,6)7;/h7-8,13-16,22H,1-6,9-12H2,(H,20,21);1-8H;(H,5,6,7);/p-1. The van der Waals surface area contributed by atoms with E-state index in [1.54, 1.807) is 18.5 Å². The van der Waals surface area contributed by atoms with Gasteiger partial charge in [0.15, 0.2) is 10.1 Å². The smallest absolute Gasteiger partial charge is 0.485 e. The number of amidine groups is 1. The Labute approximate surface area is 264 Å². The Balaban J connectivity index is 0.000000258. The summed E-state index contributed by atoms with van der Waals surface area (Å²) in [6.07, 6.45) is 16.2. The molecule has 2 fully saturated rings. The Bertz CT molecular complexity index is 1320. The summed E-state index contributed by atoms with van der Waals surface area (Å²) in [4.78, 5) is 13.4. The predicted octanol–water partition coefficient (Wildman–Crippen LogP) is 6.59. The summed E-state index contributed by atoms with van der Waals surface area (Å²) < 4.78 is 58.9. The van der Waals surface area contributed by atoms with Crippen LogP contribution >= 0.6 is 0 Å². The molecule has 13 heteroatoms. The quantitative estimate of drug-likeness (QED) is 0.103. The molecule has 2 aliphatic carbocycles. The van der Waals surface area contributed by atoms with Crippen LogP contribution in [0.2, 0.25) is 0 Å². The van der Waals surface area contributed by atoms with Gasteiger partial charge >= 0.3 is 5.51 Å². The number of hydrogen-bond donors (Lipinski definition) is 2. The zero-order valence-electron chi connectivity index (χ0n) is 23.5. The molecule has 8 nitrogen and oxygen atoms in total. The third kappa shape index (κ3) is 12.7. The van der Waals surface area contributed by atoms with Crippen LogP contribution in [-0.4, -0.2) is 51.5 Å². The van der Waals surface area contributed by atoms with Gasteiger partial charge in [-0.3, -0.25) is 15.0 Å². The molecule has 0 radical (unpaired) electrons. The second-order valence-corrected chi connectivity index (χ2v) is 11.5. The largest absolute Gasteiger partial charge is 0.741 e. The maximum Gasteiger partial charge on any atom is 0.485 e. The molecule has 2 aliphatic rings. The summed E-state index contributed by atoms with van der Waals surface area (Å²) in [7, 11) is -6.09. The molecule has 2 aromatic heterocycles. The van der Waals surface area contributed by atoms with Crippen molar-refractivity contribution < 1.29 is 51.7 Å². The zero-order chi connectivity index (χ0) is 30.4. The summed E-state index contributed by atoms with van der Waals surface area (Å²) in [5.41, 5.74) is -2.96. The number of hydrogen-bond acceptors (Lipinski definition) is 7. The third-order valence-corrected chi connectivity index (χ3v) is 7.43. The molecule has 0 amide bonds. The van der Waals surface area contributed by atoms with E-state index in [2.05, 4.69) is 15.3 Å². The number of phenolic OH excluding ortho intramolecular Hbond substituents is 1. The first-order valence-corrected chi connectivity index (χ1v) is 15.4. The van der Waals surface area contributed by atoms with Crippen molar-refractivity contribution in [1.29, 1.82) is 0 Å². The Morgan fingerprint density at radius 2 is 1.28 bits per heavy atom. The van der Waals surface area contributed by atoms with Crippen molar-refractivity contribution in [3.05, 3.63) is 78.6 Å². The number of phenols is 1. The van der Waals surface area contributed by atoms with Crippen molar-refractivity contribution >= 4 is 16.0 Å². The van der Waals surface area contributed by atoms with Crippen LogP contribution in [0.15, 0.2) is 78.0 Å². The number of rotatable bonds is 4. The first kappa shape index (κ1) is 36.3. The maximum absolute atomic E-state index is 10.7. The molecule has 1 aromatic carbocycles. The van der Waals surface area contributed by atoms with Crippen LogP contribution in [0.3, 0.4) is 0 Å². The number of para-hydroxylation sites is 1. The molecule has 0 saturated heterocycles. The van der Waals surface area contributed by atoms with Gasteiger partial charge in [-0.15, -0.1) is 0 Å². The van der Waals surface area contributed by atoms with Crippen molar-refractivity contribution in [3.8, 4) is 17.1 Å².